The molecule has 1 aliphatic carbocycles. The molecule has 0 bridgehead atoms. The summed E-state index contributed by atoms with van der Waals surface area (Å²) in [6, 6.07) is 0. The zero-order chi connectivity index (χ0) is 11.4. The normalized spacial score (nSPS) is 28.6. The van der Waals surface area contributed by atoms with Gasteiger partial charge < -0.3 is 9.84 Å². The Labute approximate surface area is 89.6 Å². The molecule has 1 fully saturated rings. The van der Waals surface area contributed by atoms with E-state index in [0.717, 1.165) is 6.42 Å². The highest BCUT2D eigenvalue weighted by molar-refractivity contribution is 5.88. The maximum absolute atomic E-state index is 11.5. The number of ketones is 1. The third-order valence-electron chi connectivity index (χ3n) is 2.86. The Kier molecular flexibility index (Phi) is 4.27. The number of hydrogen-bond donors (Lipinski definition) is 1. The summed E-state index contributed by atoms with van der Waals surface area (Å²) in [5, 5.41) is 9.67. The molecule has 0 aromatic rings. The molecule has 4 heteroatoms. The molecule has 1 N–H and O–H groups in total. The van der Waals surface area contributed by atoms with Crippen LogP contribution in [0.25, 0.3) is 0 Å². The van der Waals surface area contributed by atoms with E-state index in [1.54, 1.807) is 6.92 Å². The molecule has 86 valence electrons. The molecule has 1 rings (SSSR count). The maximum atomic E-state index is 11.5. The fourth-order valence-electron chi connectivity index (χ4n) is 1.95. The maximum Gasteiger partial charge on any atom is 0.335 e. The molecule has 0 unspecified atom stereocenters. The van der Waals surface area contributed by atoms with Crippen LogP contribution in [0.5, 0.6) is 0 Å². The zero-order valence-corrected chi connectivity index (χ0v) is 9.23. The van der Waals surface area contributed by atoms with Gasteiger partial charge in [0.25, 0.3) is 0 Å². The Hall–Kier alpha value is -0.900. The third kappa shape index (κ3) is 3.02. The summed E-state index contributed by atoms with van der Waals surface area (Å²) in [7, 11) is 0. The first-order valence-electron chi connectivity index (χ1n) is 5.43. The van der Waals surface area contributed by atoms with Crippen LogP contribution in [0.15, 0.2) is 0 Å². The standard InChI is InChI=1S/C11H18O4/c1-3-15-11(14)10(13)8-6-7(2)4-5-9(8)12/h7-8,10,13H,3-6H2,1-2H3/t7-,8+,10+/m0/s1. The van der Waals surface area contributed by atoms with Crippen molar-refractivity contribution < 1.29 is 19.4 Å². The van der Waals surface area contributed by atoms with Crippen LogP contribution in [-0.4, -0.2) is 29.6 Å². The number of hydrogen-bond acceptors (Lipinski definition) is 4. The second-order valence-electron chi connectivity index (χ2n) is 4.15. The van der Waals surface area contributed by atoms with E-state index in [-0.39, 0.29) is 12.4 Å². The molecule has 15 heavy (non-hydrogen) atoms. The summed E-state index contributed by atoms with van der Waals surface area (Å²) in [4.78, 5) is 22.8. The van der Waals surface area contributed by atoms with Gasteiger partial charge in [-0.2, -0.15) is 0 Å². The van der Waals surface area contributed by atoms with Gasteiger partial charge in [-0.3, -0.25) is 4.79 Å². The van der Waals surface area contributed by atoms with Crippen LogP contribution >= 0.6 is 0 Å². The van der Waals surface area contributed by atoms with Crippen LogP contribution < -0.4 is 0 Å². The molecule has 0 aromatic heterocycles. The lowest BCUT2D eigenvalue weighted by molar-refractivity contribution is -0.160. The molecule has 0 amide bonds. The summed E-state index contributed by atoms with van der Waals surface area (Å²) in [5.41, 5.74) is 0. The van der Waals surface area contributed by atoms with Gasteiger partial charge in [-0.05, 0) is 25.7 Å². The third-order valence-corrected chi connectivity index (χ3v) is 2.86. The lowest BCUT2D eigenvalue weighted by Crippen LogP contribution is -2.39. The molecule has 0 aliphatic heterocycles. The lowest BCUT2D eigenvalue weighted by Gasteiger charge is -2.27. The SMILES string of the molecule is CCOC(=O)[C@H](O)[C@@H]1C[C@@H](C)CCC1=O. The van der Waals surface area contributed by atoms with E-state index in [0.29, 0.717) is 18.8 Å². The largest absolute Gasteiger partial charge is 0.464 e. The fraction of sp³-hybridized carbons (Fsp3) is 0.818. The second-order valence-corrected chi connectivity index (χ2v) is 4.15. The Morgan fingerprint density at radius 1 is 1.67 bits per heavy atom. The molecule has 0 saturated heterocycles. The lowest BCUT2D eigenvalue weighted by atomic mass is 9.78. The predicted octanol–water partition coefficient (Wildman–Crippen LogP) is 0.916. The predicted molar refractivity (Wildman–Crippen MR) is 54.2 cm³/mol. The highest BCUT2D eigenvalue weighted by atomic mass is 16.5. The van der Waals surface area contributed by atoms with Gasteiger partial charge in [0.05, 0.1) is 12.5 Å². The van der Waals surface area contributed by atoms with Crippen molar-refractivity contribution in [2.45, 2.75) is 39.2 Å². The van der Waals surface area contributed by atoms with Crippen molar-refractivity contribution >= 4 is 11.8 Å². The first kappa shape index (κ1) is 12.2. The highest BCUT2D eigenvalue weighted by Crippen LogP contribution is 2.28. The Morgan fingerprint density at radius 3 is 2.93 bits per heavy atom. The number of aliphatic hydroxyl groups is 1. The van der Waals surface area contributed by atoms with Crippen LogP contribution in [0.3, 0.4) is 0 Å². The molecular formula is C11H18O4. The number of rotatable bonds is 3. The Balaban J connectivity index is 2.60. The molecule has 0 radical (unpaired) electrons. The number of ether oxygens (including phenoxy) is 1. The quantitative estimate of drug-likeness (QED) is 0.709. The van der Waals surface area contributed by atoms with Crippen molar-refractivity contribution in [2.75, 3.05) is 6.61 Å². The minimum absolute atomic E-state index is 0.0198. The van der Waals surface area contributed by atoms with Gasteiger partial charge in [-0.25, -0.2) is 4.79 Å². The molecular weight excluding hydrogens is 196 g/mol. The number of esters is 1. The zero-order valence-electron chi connectivity index (χ0n) is 9.23. The number of aliphatic hydroxyl groups excluding tert-OH is 1. The molecule has 0 spiro atoms. The van der Waals surface area contributed by atoms with Crippen molar-refractivity contribution in [3.63, 3.8) is 0 Å². The molecule has 0 heterocycles. The molecule has 0 aromatic carbocycles. The monoisotopic (exact) mass is 214 g/mol. The van der Waals surface area contributed by atoms with Gasteiger partial charge in [0, 0.05) is 6.42 Å². The van der Waals surface area contributed by atoms with Crippen molar-refractivity contribution in [3.05, 3.63) is 0 Å². The van der Waals surface area contributed by atoms with Gasteiger partial charge in [0.1, 0.15) is 5.78 Å². The van der Waals surface area contributed by atoms with Crippen LogP contribution in [0.4, 0.5) is 0 Å². The van der Waals surface area contributed by atoms with Crippen LogP contribution in [0.1, 0.15) is 33.1 Å². The van der Waals surface area contributed by atoms with Crippen molar-refractivity contribution in [1.82, 2.24) is 0 Å². The molecule has 1 aliphatic rings. The first-order valence-corrected chi connectivity index (χ1v) is 5.43. The fourth-order valence-corrected chi connectivity index (χ4v) is 1.95. The minimum Gasteiger partial charge on any atom is -0.464 e. The smallest absolute Gasteiger partial charge is 0.335 e. The summed E-state index contributed by atoms with van der Waals surface area (Å²) in [6.45, 7) is 3.93. The molecule has 3 atom stereocenters. The molecule has 4 nitrogen and oxygen atoms in total. The average Bonchev–Trinajstić information content (AvgIpc) is 2.21. The second kappa shape index (κ2) is 5.26. The van der Waals surface area contributed by atoms with Crippen LogP contribution in [0.2, 0.25) is 0 Å². The summed E-state index contributed by atoms with van der Waals surface area (Å²) in [5.74, 6) is -0.872. The number of carbonyl (C=O) groups is 2. The summed E-state index contributed by atoms with van der Waals surface area (Å²) >= 11 is 0. The van der Waals surface area contributed by atoms with E-state index in [9.17, 15) is 14.7 Å². The summed E-state index contributed by atoms with van der Waals surface area (Å²) in [6.07, 6.45) is 0.617. The summed E-state index contributed by atoms with van der Waals surface area (Å²) < 4.78 is 4.70. The van der Waals surface area contributed by atoms with E-state index >= 15 is 0 Å². The number of carbonyl (C=O) groups excluding carboxylic acids is 2. The van der Waals surface area contributed by atoms with Crippen molar-refractivity contribution in [1.29, 1.82) is 0 Å². The average molecular weight is 214 g/mol. The van der Waals surface area contributed by atoms with Gasteiger partial charge in [-0.15, -0.1) is 0 Å². The van der Waals surface area contributed by atoms with E-state index in [1.807, 2.05) is 6.92 Å². The van der Waals surface area contributed by atoms with Crippen LogP contribution in [-0.2, 0) is 14.3 Å². The number of Topliss-reactive ketones (excluding diaryl/α,β-unsaturated/α-hetero) is 1. The molecule has 1 saturated carbocycles. The first-order chi connectivity index (χ1) is 7.06. The topological polar surface area (TPSA) is 63.6 Å². The minimum atomic E-state index is -1.28. The van der Waals surface area contributed by atoms with E-state index < -0.39 is 18.0 Å². The highest BCUT2D eigenvalue weighted by Gasteiger charge is 2.36. The van der Waals surface area contributed by atoms with Crippen LogP contribution in [0, 0.1) is 11.8 Å². The van der Waals surface area contributed by atoms with Gasteiger partial charge in [0.15, 0.2) is 6.10 Å². The van der Waals surface area contributed by atoms with E-state index in [4.69, 9.17) is 4.74 Å². The van der Waals surface area contributed by atoms with Gasteiger partial charge >= 0.3 is 5.97 Å². The van der Waals surface area contributed by atoms with Gasteiger partial charge in [-0.1, -0.05) is 6.92 Å². The van der Waals surface area contributed by atoms with E-state index in [2.05, 4.69) is 0 Å². The van der Waals surface area contributed by atoms with E-state index in [1.165, 1.54) is 0 Å². The Bertz CT molecular complexity index is 249. The van der Waals surface area contributed by atoms with Crippen molar-refractivity contribution in [2.24, 2.45) is 11.8 Å². The van der Waals surface area contributed by atoms with Crippen molar-refractivity contribution in [3.8, 4) is 0 Å². The van der Waals surface area contributed by atoms with Gasteiger partial charge in [0.2, 0.25) is 0 Å². The Morgan fingerprint density at radius 2 is 2.33 bits per heavy atom.